The molecule has 0 aromatic heterocycles. The van der Waals surface area contributed by atoms with Crippen LogP contribution in [0.2, 0.25) is 0 Å². The van der Waals surface area contributed by atoms with E-state index in [1.54, 1.807) is 0 Å². The summed E-state index contributed by atoms with van der Waals surface area (Å²) in [5, 5.41) is 73.9. The second-order valence-corrected chi connectivity index (χ2v) is 6.10. The Morgan fingerprint density at radius 2 is 1.41 bits per heavy atom. The molecule has 3 unspecified atom stereocenters. The molecule has 0 saturated heterocycles. The summed E-state index contributed by atoms with van der Waals surface area (Å²) in [5.41, 5.74) is -9.72. The summed E-state index contributed by atoms with van der Waals surface area (Å²) in [5.74, 6) is 0. The predicted molar refractivity (Wildman–Crippen MR) is 94.1 cm³/mol. The summed E-state index contributed by atoms with van der Waals surface area (Å²) in [6, 6.07) is -2.56. The Balaban J connectivity index is 2.71. The standard InChI is InChI=1S/C12H8N8O12/c21-15(22)7-1-3-11(19(29)30,9(5-7)17(25)26)13-14-12(20(31)32)4-2-8(16(23)24)6-10(12)18(27)28/h1-3,5-6,9H,4H2/b14-13+. The topological polar surface area (TPSA) is 284 Å². The van der Waals surface area contributed by atoms with E-state index >= 15 is 0 Å². The van der Waals surface area contributed by atoms with Crippen LogP contribution in [0, 0.1) is 60.7 Å². The van der Waals surface area contributed by atoms with Gasteiger partial charge in [0.1, 0.15) is 0 Å². The lowest BCUT2D eigenvalue weighted by Gasteiger charge is -2.22. The van der Waals surface area contributed by atoms with Crippen LogP contribution in [0.25, 0.3) is 0 Å². The normalized spacial score (nSPS) is 27.1. The first kappa shape index (κ1) is 23.2. The Kier molecular flexibility index (Phi) is 5.81. The fraction of sp³-hybridized carbons (Fsp3) is 0.333. The van der Waals surface area contributed by atoms with Crippen LogP contribution in [-0.2, 0) is 0 Å². The Morgan fingerprint density at radius 1 is 0.812 bits per heavy atom. The van der Waals surface area contributed by atoms with Gasteiger partial charge in [0.05, 0.1) is 43.2 Å². The Hall–Kier alpha value is -5.04. The molecule has 0 N–H and O–H groups in total. The van der Waals surface area contributed by atoms with Crippen molar-refractivity contribution in [3.8, 4) is 0 Å². The van der Waals surface area contributed by atoms with E-state index in [2.05, 4.69) is 10.2 Å². The first-order chi connectivity index (χ1) is 14.8. The van der Waals surface area contributed by atoms with Crippen molar-refractivity contribution in [1.29, 1.82) is 0 Å². The van der Waals surface area contributed by atoms with Crippen molar-refractivity contribution in [1.82, 2.24) is 0 Å². The van der Waals surface area contributed by atoms with Crippen molar-refractivity contribution in [3.05, 3.63) is 108 Å². The lowest BCUT2D eigenvalue weighted by Crippen LogP contribution is -2.51. The van der Waals surface area contributed by atoms with Crippen molar-refractivity contribution >= 4 is 0 Å². The van der Waals surface area contributed by atoms with Gasteiger partial charge in [-0.05, 0) is 0 Å². The fourth-order valence-electron chi connectivity index (χ4n) is 2.73. The molecule has 2 aliphatic rings. The average Bonchev–Trinajstić information content (AvgIpc) is 2.71. The third kappa shape index (κ3) is 3.73. The van der Waals surface area contributed by atoms with Crippen LogP contribution in [0.15, 0.2) is 57.7 Å². The number of allylic oxidation sites excluding steroid dienone is 2. The summed E-state index contributed by atoms with van der Waals surface area (Å²) in [7, 11) is 0. The molecule has 0 amide bonds. The zero-order valence-electron chi connectivity index (χ0n) is 15.1. The number of rotatable bonds is 8. The largest absolute Gasteiger partial charge is 0.422 e. The van der Waals surface area contributed by atoms with Crippen LogP contribution in [0.5, 0.6) is 0 Å². The highest BCUT2D eigenvalue weighted by Gasteiger charge is 2.63. The van der Waals surface area contributed by atoms with Gasteiger partial charge in [-0.1, -0.05) is 10.2 Å². The average molecular weight is 456 g/mol. The monoisotopic (exact) mass is 456 g/mol. The zero-order valence-corrected chi connectivity index (χ0v) is 15.1. The third-order valence-electron chi connectivity index (χ3n) is 4.37. The number of hydrogen-bond acceptors (Lipinski definition) is 14. The molecule has 2 aliphatic carbocycles. The molecule has 0 fully saturated rings. The molecule has 3 atom stereocenters. The highest BCUT2D eigenvalue weighted by molar-refractivity contribution is 5.28. The third-order valence-corrected chi connectivity index (χ3v) is 4.37. The molecule has 168 valence electrons. The van der Waals surface area contributed by atoms with E-state index in [4.69, 9.17) is 0 Å². The molecule has 0 spiro atoms. The first-order valence-electron chi connectivity index (χ1n) is 7.91. The second-order valence-electron chi connectivity index (χ2n) is 6.10. The summed E-state index contributed by atoms with van der Waals surface area (Å²) in [6.07, 6.45) is 0.694. The molecular formula is C12H8N8O12. The summed E-state index contributed by atoms with van der Waals surface area (Å²) >= 11 is 0. The number of azo groups is 1. The van der Waals surface area contributed by atoms with Gasteiger partial charge in [0.15, 0.2) is 0 Å². The summed E-state index contributed by atoms with van der Waals surface area (Å²) < 4.78 is 0. The molecule has 0 heterocycles. The minimum absolute atomic E-state index is 0.205. The zero-order chi connectivity index (χ0) is 24.4. The Labute approximate surface area is 172 Å². The molecule has 0 radical (unpaired) electrons. The molecule has 32 heavy (non-hydrogen) atoms. The van der Waals surface area contributed by atoms with Crippen molar-refractivity contribution in [3.63, 3.8) is 0 Å². The maximum atomic E-state index is 11.7. The maximum Gasteiger partial charge on any atom is 0.422 e. The van der Waals surface area contributed by atoms with E-state index in [0.717, 1.165) is 0 Å². The van der Waals surface area contributed by atoms with Crippen LogP contribution in [0.4, 0.5) is 0 Å². The summed E-state index contributed by atoms with van der Waals surface area (Å²) in [4.78, 5) is 60.0. The molecule has 0 saturated carbocycles. The predicted octanol–water partition coefficient (Wildman–Crippen LogP) is 0.485. The second kappa shape index (κ2) is 8.00. The maximum absolute atomic E-state index is 11.7. The molecule has 0 aromatic rings. The lowest BCUT2D eigenvalue weighted by atomic mass is 9.95. The minimum atomic E-state index is -3.24. The van der Waals surface area contributed by atoms with Gasteiger partial charge in [0, 0.05) is 23.2 Å². The van der Waals surface area contributed by atoms with E-state index in [-0.39, 0.29) is 12.2 Å². The minimum Gasteiger partial charge on any atom is -0.263 e. The van der Waals surface area contributed by atoms with Gasteiger partial charge >= 0.3 is 23.1 Å². The fourth-order valence-corrected chi connectivity index (χ4v) is 2.73. The van der Waals surface area contributed by atoms with Crippen LogP contribution in [-0.4, -0.2) is 46.9 Å². The van der Waals surface area contributed by atoms with Gasteiger partial charge in [-0.3, -0.25) is 60.7 Å². The highest BCUT2D eigenvalue weighted by Crippen LogP contribution is 2.36. The van der Waals surface area contributed by atoms with Crippen molar-refractivity contribution < 1.29 is 29.5 Å². The van der Waals surface area contributed by atoms with Crippen molar-refractivity contribution in [2.75, 3.05) is 0 Å². The van der Waals surface area contributed by atoms with Gasteiger partial charge in [-0.15, -0.1) is 0 Å². The highest BCUT2D eigenvalue weighted by atomic mass is 16.7. The summed E-state index contributed by atoms with van der Waals surface area (Å²) in [6.45, 7) is 0. The van der Waals surface area contributed by atoms with Gasteiger partial charge in [0.2, 0.25) is 0 Å². The Morgan fingerprint density at radius 3 is 1.84 bits per heavy atom. The number of hydrogen-bond donors (Lipinski definition) is 0. The smallest absolute Gasteiger partial charge is 0.263 e. The van der Waals surface area contributed by atoms with Crippen LogP contribution in [0.3, 0.4) is 0 Å². The van der Waals surface area contributed by atoms with E-state index in [1.165, 1.54) is 0 Å². The van der Waals surface area contributed by atoms with E-state index in [9.17, 15) is 60.7 Å². The van der Waals surface area contributed by atoms with Crippen LogP contribution in [0.1, 0.15) is 6.42 Å². The van der Waals surface area contributed by atoms with Gasteiger partial charge in [-0.25, -0.2) is 0 Å². The Bertz CT molecular complexity index is 1080. The first-order valence-corrected chi connectivity index (χ1v) is 7.91. The van der Waals surface area contributed by atoms with Gasteiger partial charge < -0.3 is 0 Å². The van der Waals surface area contributed by atoms with E-state index < -0.39 is 70.4 Å². The molecule has 2 rings (SSSR count). The van der Waals surface area contributed by atoms with Gasteiger partial charge in [-0.2, -0.15) is 0 Å². The van der Waals surface area contributed by atoms with Crippen LogP contribution >= 0.6 is 0 Å². The van der Waals surface area contributed by atoms with E-state index in [0.29, 0.717) is 18.2 Å². The SMILES string of the molecule is O=[N+]([O-])C1=CCC(/N=N/C2([N+](=O)[O-])C=CC([N+](=O)[O-])=CC2[N+](=O)[O-])([N+](=O)[O-])C([N+](=O)[O-])=C1. The molecule has 20 heteroatoms. The molecule has 0 aliphatic heterocycles. The van der Waals surface area contributed by atoms with Crippen molar-refractivity contribution in [2.24, 2.45) is 10.2 Å². The number of nitro groups is 6. The molecule has 20 nitrogen and oxygen atoms in total. The molecule has 0 bridgehead atoms. The molecular weight excluding hydrogens is 448 g/mol. The molecule has 0 aromatic carbocycles. The lowest BCUT2D eigenvalue weighted by molar-refractivity contribution is -0.636. The quantitative estimate of drug-likeness (QED) is 0.274. The van der Waals surface area contributed by atoms with E-state index in [1.807, 2.05) is 0 Å². The van der Waals surface area contributed by atoms with Crippen molar-refractivity contribution in [2.45, 2.75) is 23.8 Å². The van der Waals surface area contributed by atoms with Crippen LogP contribution < -0.4 is 0 Å². The van der Waals surface area contributed by atoms with Gasteiger partial charge in [0.25, 0.3) is 11.4 Å². The number of nitrogens with zero attached hydrogens (tertiary/aromatic N) is 8.